The third-order valence-electron chi connectivity index (χ3n) is 6.55. The number of urea groups is 1. The lowest BCUT2D eigenvalue weighted by Gasteiger charge is -2.34. The van der Waals surface area contributed by atoms with Gasteiger partial charge in [-0.15, -0.1) is 0 Å². The SMILES string of the molecule is O=C1Cc2c(-c3ccc(C(=O)CN4C(=O)NC5(CCC(F)(F)CC5)C4=O)cc3)ccnc2N1. The topological polar surface area (TPSA) is 108 Å². The molecule has 1 saturated carbocycles. The quantitative estimate of drug-likeness (QED) is 0.546. The number of hydrogen-bond acceptors (Lipinski definition) is 5. The number of alkyl halides is 2. The summed E-state index contributed by atoms with van der Waals surface area (Å²) in [5, 5.41) is 5.23. The van der Waals surface area contributed by atoms with Crippen LogP contribution in [0.4, 0.5) is 19.4 Å². The molecule has 0 atom stereocenters. The highest BCUT2D eigenvalue weighted by Gasteiger charge is 2.55. The zero-order chi connectivity index (χ0) is 23.4. The Kier molecular flexibility index (Phi) is 4.77. The van der Waals surface area contributed by atoms with E-state index in [0.717, 1.165) is 21.6 Å². The zero-order valence-electron chi connectivity index (χ0n) is 17.5. The number of benzene rings is 1. The molecule has 1 saturated heterocycles. The molecule has 3 heterocycles. The maximum Gasteiger partial charge on any atom is 0.325 e. The average molecular weight is 454 g/mol. The van der Waals surface area contributed by atoms with Gasteiger partial charge in [-0.2, -0.15) is 0 Å². The summed E-state index contributed by atoms with van der Waals surface area (Å²) in [4.78, 5) is 54.7. The number of Topliss-reactive ketones (excluding diaryl/α,β-unsaturated/α-hetero) is 1. The molecule has 5 rings (SSSR count). The van der Waals surface area contributed by atoms with Gasteiger partial charge in [0.1, 0.15) is 11.4 Å². The molecule has 3 aliphatic rings. The molecule has 2 aromatic rings. The summed E-state index contributed by atoms with van der Waals surface area (Å²) in [6.07, 6.45) is 0.534. The second kappa shape index (κ2) is 7.43. The summed E-state index contributed by atoms with van der Waals surface area (Å²) >= 11 is 0. The summed E-state index contributed by atoms with van der Waals surface area (Å²) in [6, 6.07) is 7.68. The van der Waals surface area contributed by atoms with Crippen LogP contribution in [-0.4, -0.2) is 51.5 Å². The number of ketones is 1. The molecule has 2 fully saturated rings. The van der Waals surface area contributed by atoms with Crippen molar-refractivity contribution in [2.24, 2.45) is 0 Å². The second-order valence-electron chi connectivity index (χ2n) is 8.67. The number of carbonyl (C=O) groups excluding carboxylic acids is 4. The maximum absolute atomic E-state index is 13.5. The van der Waals surface area contributed by atoms with Gasteiger partial charge in [0.05, 0.1) is 13.0 Å². The van der Waals surface area contributed by atoms with Gasteiger partial charge in [0.2, 0.25) is 11.8 Å². The monoisotopic (exact) mass is 454 g/mol. The Bertz CT molecular complexity index is 1190. The van der Waals surface area contributed by atoms with E-state index in [1.807, 2.05) is 0 Å². The lowest BCUT2D eigenvalue weighted by molar-refractivity contribution is -0.135. The molecule has 1 aromatic heterocycles. The zero-order valence-corrected chi connectivity index (χ0v) is 17.5. The minimum absolute atomic E-state index is 0.134. The van der Waals surface area contributed by atoms with Gasteiger partial charge in [-0.25, -0.2) is 18.6 Å². The molecule has 0 radical (unpaired) electrons. The number of hydrogen-bond donors (Lipinski definition) is 2. The fourth-order valence-electron chi connectivity index (χ4n) is 4.66. The van der Waals surface area contributed by atoms with Crippen LogP contribution in [0.1, 0.15) is 41.6 Å². The molecule has 10 heteroatoms. The number of imide groups is 1. The third-order valence-corrected chi connectivity index (χ3v) is 6.55. The van der Waals surface area contributed by atoms with Gasteiger partial charge in [0, 0.05) is 30.2 Å². The van der Waals surface area contributed by atoms with Crippen molar-refractivity contribution >= 4 is 29.4 Å². The first kappa shape index (κ1) is 21.2. The molecule has 4 amide bonds. The molecule has 1 aliphatic carbocycles. The molecule has 170 valence electrons. The van der Waals surface area contributed by atoms with Crippen LogP contribution in [0.25, 0.3) is 11.1 Å². The third kappa shape index (κ3) is 3.65. The van der Waals surface area contributed by atoms with Crippen LogP contribution < -0.4 is 10.6 Å². The molecule has 1 aromatic carbocycles. The Morgan fingerprint density at radius 2 is 1.73 bits per heavy atom. The fraction of sp³-hybridized carbons (Fsp3) is 0.348. The molecule has 8 nitrogen and oxygen atoms in total. The molecule has 0 unspecified atom stereocenters. The Balaban J connectivity index is 1.30. The van der Waals surface area contributed by atoms with Crippen molar-refractivity contribution in [2.45, 2.75) is 43.6 Å². The van der Waals surface area contributed by atoms with Crippen LogP contribution >= 0.6 is 0 Å². The van der Waals surface area contributed by atoms with Crippen molar-refractivity contribution < 1.29 is 28.0 Å². The summed E-state index contributed by atoms with van der Waals surface area (Å²) in [5.74, 6) is -3.53. The Hall–Kier alpha value is -3.69. The Labute approximate surface area is 187 Å². The largest absolute Gasteiger partial charge is 0.325 e. The standard InChI is InChI=1S/C23H20F2N4O4/c24-23(25)8-6-22(7-9-23)20(32)29(21(33)28-22)12-17(30)14-3-1-13(2-4-14)15-5-10-26-19-16(15)11-18(31)27-19/h1-5,10H,6-9,11-12H2,(H,28,33)(H,26,27,31). The molecule has 1 spiro atoms. The number of fused-ring (bicyclic) bond motifs is 1. The van der Waals surface area contributed by atoms with Crippen LogP contribution in [0, 0.1) is 0 Å². The van der Waals surface area contributed by atoms with Gasteiger partial charge >= 0.3 is 6.03 Å². The predicted molar refractivity (Wildman–Crippen MR) is 113 cm³/mol. The summed E-state index contributed by atoms with van der Waals surface area (Å²) in [6.45, 7) is -0.467. The lowest BCUT2D eigenvalue weighted by Crippen LogP contribution is -2.51. The molecule has 0 bridgehead atoms. The van der Waals surface area contributed by atoms with E-state index in [2.05, 4.69) is 15.6 Å². The molecular weight excluding hydrogens is 434 g/mol. The van der Waals surface area contributed by atoms with Crippen LogP contribution in [0.3, 0.4) is 0 Å². The van der Waals surface area contributed by atoms with E-state index in [1.165, 1.54) is 0 Å². The summed E-state index contributed by atoms with van der Waals surface area (Å²) in [7, 11) is 0. The smallest absolute Gasteiger partial charge is 0.323 e. The summed E-state index contributed by atoms with van der Waals surface area (Å²) < 4.78 is 27.1. The van der Waals surface area contributed by atoms with Crippen molar-refractivity contribution in [3.63, 3.8) is 0 Å². The normalized spacial score (nSPS) is 20.5. The highest BCUT2D eigenvalue weighted by Crippen LogP contribution is 2.41. The van der Waals surface area contributed by atoms with Crippen molar-refractivity contribution in [1.29, 1.82) is 0 Å². The first-order valence-electron chi connectivity index (χ1n) is 10.6. The lowest BCUT2D eigenvalue weighted by atomic mass is 9.80. The van der Waals surface area contributed by atoms with E-state index in [0.29, 0.717) is 11.4 Å². The van der Waals surface area contributed by atoms with Crippen LogP contribution in [0.5, 0.6) is 0 Å². The van der Waals surface area contributed by atoms with E-state index in [1.54, 1.807) is 36.5 Å². The first-order chi connectivity index (χ1) is 15.7. The number of anilines is 1. The Morgan fingerprint density at radius 3 is 2.42 bits per heavy atom. The number of nitrogens with one attached hydrogen (secondary N) is 2. The second-order valence-corrected chi connectivity index (χ2v) is 8.67. The number of nitrogens with zero attached hydrogens (tertiary/aromatic N) is 2. The number of carbonyl (C=O) groups is 4. The van der Waals surface area contributed by atoms with Crippen molar-refractivity contribution in [2.75, 3.05) is 11.9 Å². The van der Waals surface area contributed by atoms with Crippen LogP contribution in [0.15, 0.2) is 36.5 Å². The number of aromatic nitrogens is 1. The van der Waals surface area contributed by atoms with Crippen molar-refractivity contribution in [1.82, 2.24) is 15.2 Å². The van der Waals surface area contributed by atoms with Crippen LogP contribution in [-0.2, 0) is 16.0 Å². The van der Waals surface area contributed by atoms with Crippen molar-refractivity contribution in [3.8, 4) is 11.1 Å². The minimum atomic E-state index is -2.85. The van der Waals surface area contributed by atoms with Crippen molar-refractivity contribution in [3.05, 3.63) is 47.7 Å². The van der Waals surface area contributed by atoms with E-state index < -0.39 is 48.6 Å². The number of pyridine rings is 1. The van der Waals surface area contributed by atoms with Gasteiger partial charge in [0.15, 0.2) is 5.78 Å². The molecule has 2 N–H and O–H groups in total. The summed E-state index contributed by atoms with van der Waals surface area (Å²) in [5.41, 5.74) is 1.34. The van der Waals surface area contributed by atoms with Gasteiger partial charge in [-0.1, -0.05) is 24.3 Å². The maximum atomic E-state index is 13.5. The van der Waals surface area contributed by atoms with E-state index >= 15 is 0 Å². The van der Waals surface area contributed by atoms with E-state index in [4.69, 9.17) is 0 Å². The van der Waals surface area contributed by atoms with Crippen LogP contribution in [0.2, 0.25) is 0 Å². The van der Waals surface area contributed by atoms with E-state index in [9.17, 15) is 28.0 Å². The average Bonchev–Trinajstić information content (AvgIpc) is 3.28. The Morgan fingerprint density at radius 1 is 1.03 bits per heavy atom. The highest BCUT2D eigenvalue weighted by atomic mass is 19.3. The van der Waals surface area contributed by atoms with Gasteiger partial charge in [-0.3, -0.25) is 19.3 Å². The first-order valence-corrected chi connectivity index (χ1v) is 10.6. The minimum Gasteiger partial charge on any atom is -0.323 e. The molecular formula is C23H20F2N4O4. The highest BCUT2D eigenvalue weighted by molar-refractivity contribution is 6.11. The fourth-order valence-corrected chi connectivity index (χ4v) is 4.66. The molecule has 33 heavy (non-hydrogen) atoms. The predicted octanol–water partition coefficient (Wildman–Crippen LogP) is 2.93. The number of halogens is 2. The van der Waals surface area contributed by atoms with Gasteiger partial charge in [-0.05, 0) is 30.0 Å². The van der Waals surface area contributed by atoms with E-state index in [-0.39, 0.29) is 25.2 Å². The van der Waals surface area contributed by atoms with Gasteiger partial charge in [0.25, 0.3) is 5.91 Å². The number of amides is 4. The number of rotatable bonds is 4. The van der Waals surface area contributed by atoms with Gasteiger partial charge < -0.3 is 10.6 Å². The molecule has 2 aliphatic heterocycles.